The molecule has 1 aliphatic heterocycles. The zero-order valence-electron chi connectivity index (χ0n) is 7.73. The molecule has 0 unspecified atom stereocenters. The van der Waals surface area contributed by atoms with Crippen molar-refractivity contribution in [1.82, 2.24) is 4.98 Å². The number of pyridine rings is 1. The number of aromatic nitrogens is 1. The molecule has 8 heteroatoms. The molecule has 0 bridgehead atoms. The Hall–Kier alpha value is -1.03. The number of anilines is 1. The number of nitrogens with one attached hydrogen (secondary N) is 1. The van der Waals surface area contributed by atoms with E-state index in [0.717, 1.165) is 12.0 Å². The van der Waals surface area contributed by atoms with Crippen LogP contribution in [-0.2, 0) is 8.98 Å². The number of fused-ring (bicyclic) bond motifs is 1. The highest BCUT2D eigenvalue weighted by molar-refractivity contribution is 14.1. The number of carbonyl (C=O) groups is 2. The van der Waals surface area contributed by atoms with Gasteiger partial charge < -0.3 is 14.2 Å². The van der Waals surface area contributed by atoms with Crippen LogP contribution < -0.4 is 10.1 Å². The van der Waals surface area contributed by atoms with Gasteiger partial charge in [-0.05, 0) is 0 Å². The molecule has 1 N–H and O–H groups in total. The number of amides is 1. The normalized spacial score (nSPS) is 13.4. The Labute approximate surface area is 108 Å². The number of hydrogen-bond acceptors (Lipinski definition) is 6. The van der Waals surface area contributed by atoms with Crippen LogP contribution in [0.5, 0.6) is 5.75 Å². The highest BCUT2D eigenvalue weighted by Gasteiger charge is 2.17. The summed E-state index contributed by atoms with van der Waals surface area (Å²) in [5.41, 5.74) is 0. The molecule has 0 spiro atoms. The van der Waals surface area contributed by atoms with Gasteiger partial charge in [0.05, 0.1) is 39.5 Å². The molecule has 2 heterocycles. The van der Waals surface area contributed by atoms with Crippen molar-refractivity contribution < 1.29 is 18.5 Å². The first-order valence-corrected chi connectivity index (χ1v) is 5.94. The van der Waals surface area contributed by atoms with Gasteiger partial charge >= 0.3 is 3.98 Å². The third-order valence-corrected chi connectivity index (χ3v) is 2.82. The average Bonchev–Trinajstić information content (AvgIpc) is 2.26. The van der Waals surface area contributed by atoms with Crippen molar-refractivity contribution >= 4 is 50.3 Å². The van der Waals surface area contributed by atoms with Crippen molar-refractivity contribution in [3.63, 3.8) is 0 Å². The van der Waals surface area contributed by atoms with Crippen LogP contribution in [0.1, 0.15) is 0 Å². The summed E-state index contributed by atoms with van der Waals surface area (Å²) in [6, 6.07) is 1.64. The van der Waals surface area contributed by atoms with Gasteiger partial charge in [-0.25, -0.2) is 9.78 Å². The van der Waals surface area contributed by atoms with Crippen LogP contribution in [0.25, 0.3) is 0 Å². The molecular weight excluding hydrogens is 347 g/mol. The van der Waals surface area contributed by atoms with E-state index in [2.05, 4.69) is 10.3 Å². The minimum absolute atomic E-state index is 0.0329. The lowest BCUT2D eigenvalue weighted by Gasteiger charge is -2.16. The maximum Gasteiger partial charge on any atom is 0.379 e. The van der Waals surface area contributed by atoms with Crippen LogP contribution in [0, 0.1) is 0 Å². The second-order valence-corrected chi connectivity index (χ2v) is 4.44. The highest BCUT2D eigenvalue weighted by Crippen LogP contribution is 2.30. The number of hydrogen-bond donors (Lipinski definition) is 1. The fourth-order valence-electron chi connectivity index (χ4n) is 1.07. The highest BCUT2D eigenvalue weighted by atomic mass is 127. The Bertz CT molecular complexity index is 454. The summed E-state index contributed by atoms with van der Waals surface area (Å²) in [6.45, 7) is -0.0329. The second kappa shape index (κ2) is 4.87. The van der Waals surface area contributed by atoms with Gasteiger partial charge in [-0.3, -0.25) is 4.79 Å². The van der Waals surface area contributed by atoms with E-state index >= 15 is 0 Å². The molecule has 16 heavy (non-hydrogen) atoms. The molecule has 0 aromatic carbocycles. The van der Waals surface area contributed by atoms with Crippen molar-refractivity contribution in [2.24, 2.45) is 0 Å². The van der Waals surface area contributed by atoms with Crippen molar-refractivity contribution in [3.05, 3.63) is 12.3 Å². The Morgan fingerprint density at radius 1 is 1.69 bits per heavy atom. The first-order valence-electron chi connectivity index (χ1n) is 4.12. The maximum atomic E-state index is 11.0. The molecule has 1 aromatic rings. The predicted molar refractivity (Wildman–Crippen MR) is 64.7 cm³/mol. The van der Waals surface area contributed by atoms with E-state index in [9.17, 15) is 9.59 Å². The van der Waals surface area contributed by atoms with Crippen LogP contribution in [0.2, 0.25) is 0 Å². The van der Waals surface area contributed by atoms with Gasteiger partial charge in [0.15, 0.2) is 18.2 Å². The maximum absolute atomic E-state index is 11.0. The third-order valence-electron chi connectivity index (χ3n) is 1.65. The van der Waals surface area contributed by atoms with Gasteiger partial charge in [-0.1, -0.05) is 0 Å². The number of rotatable bonds is 2. The van der Waals surface area contributed by atoms with Crippen LogP contribution in [0.4, 0.5) is 10.6 Å². The van der Waals surface area contributed by atoms with Gasteiger partial charge in [0.1, 0.15) is 0 Å². The molecule has 0 saturated carbocycles. The van der Waals surface area contributed by atoms with Crippen LogP contribution >= 0.6 is 34.6 Å². The SMILES string of the molecule is O=C1COc2cc(SOC(=O)I)cnc2N1. The molecule has 6 nitrogen and oxygen atoms in total. The number of nitrogens with zero attached hydrogens (tertiary/aromatic N) is 1. The molecule has 2 rings (SSSR count). The lowest BCUT2D eigenvalue weighted by molar-refractivity contribution is -0.118. The van der Waals surface area contributed by atoms with Crippen LogP contribution in [0.3, 0.4) is 0 Å². The lowest BCUT2D eigenvalue weighted by Crippen LogP contribution is -2.26. The summed E-state index contributed by atoms with van der Waals surface area (Å²) >= 11 is 2.41. The molecule has 1 amide bonds. The summed E-state index contributed by atoms with van der Waals surface area (Å²) in [6.07, 6.45) is 1.48. The fraction of sp³-hybridized carbons (Fsp3) is 0.125. The van der Waals surface area contributed by atoms with Gasteiger partial charge in [0.2, 0.25) is 0 Å². The smallest absolute Gasteiger partial charge is 0.379 e. The molecule has 0 aliphatic carbocycles. The van der Waals surface area contributed by atoms with Crippen molar-refractivity contribution in [1.29, 1.82) is 0 Å². The minimum atomic E-state index is -0.422. The van der Waals surface area contributed by atoms with E-state index in [1.165, 1.54) is 28.8 Å². The summed E-state index contributed by atoms with van der Waals surface area (Å²) in [7, 11) is 0. The standard InChI is InChI=1S/C8H5IN2O4S/c9-8(13)15-16-4-1-5-7(10-2-4)11-6(12)3-14-5/h1-2H,3H2,(H,10,11,12). The molecular formula is C8H5IN2O4S. The summed E-state index contributed by atoms with van der Waals surface area (Å²) < 4.78 is 9.45. The largest absolute Gasteiger partial charge is 0.480 e. The predicted octanol–water partition coefficient (Wildman–Crippen LogP) is 1.99. The first-order chi connectivity index (χ1) is 7.65. The van der Waals surface area contributed by atoms with E-state index in [0.29, 0.717) is 16.5 Å². The van der Waals surface area contributed by atoms with E-state index < -0.39 is 3.98 Å². The number of carbonyl (C=O) groups excluding carboxylic acids is 2. The molecule has 84 valence electrons. The quantitative estimate of drug-likeness (QED) is 0.498. The minimum Gasteiger partial charge on any atom is -0.480 e. The molecule has 0 atom stereocenters. The van der Waals surface area contributed by atoms with Crippen molar-refractivity contribution in [2.75, 3.05) is 11.9 Å². The van der Waals surface area contributed by atoms with E-state index in [4.69, 9.17) is 8.92 Å². The summed E-state index contributed by atoms with van der Waals surface area (Å²) in [4.78, 5) is 26.2. The van der Waals surface area contributed by atoms with E-state index in [1.807, 2.05) is 0 Å². The molecule has 0 saturated heterocycles. The summed E-state index contributed by atoms with van der Waals surface area (Å²) in [5.74, 6) is 0.606. The number of ether oxygens (including phenoxy) is 1. The van der Waals surface area contributed by atoms with E-state index in [1.54, 1.807) is 6.07 Å². The van der Waals surface area contributed by atoms with Gasteiger partial charge in [0.25, 0.3) is 5.91 Å². The van der Waals surface area contributed by atoms with Gasteiger partial charge in [-0.2, -0.15) is 0 Å². The Morgan fingerprint density at radius 2 is 2.50 bits per heavy atom. The fourth-order valence-corrected chi connectivity index (χ4v) is 1.75. The molecule has 1 aromatic heterocycles. The Morgan fingerprint density at radius 3 is 3.25 bits per heavy atom. The van der Waals surface area contributed by atoms with Crippen LogP contribution in [-0.4, -0.2) is 21.5 Å². The van der Waals surface area contributed by atoms with Gasteiger partial charge in [-0.15, -0.1) is 0 Å². The molecule has 1 aliphatic rings. The van der Waals surface area contributed by atoms with Crippen LogP contribution in [0.15, 0.2) is 17.2 Å². The first kappa shape index (κ1) is 11.5. The Kier molecular flexibility index (Phi) is 3.49. The van der Waals surface area contributed by atoms with Gasteiger partial charge in [0, 0.05) is 12.3 Å². The van der Waals surface area contributed by atoms with Crippen molar-refractivity contribution in [3.8, 4) is 5.75 Å². The monoisotopic (exact) mass is 352 g/mol. The second-order valence-electron chi connectivity index (χ2n) is 2.76. The average molecular weight is 352 g/mol. The Balaban J connectivity index is 2.13. The third kappa shape index (κ3) is 2.76. The lowest BCUT2D eigenvalue weighted by atomic mass is 10.4. The van der Waals surface area contributed by atoms with Crippen molar-refractivity contribution in [2.45, 2.75) is 4.90 Å². The molecule has 0 radical (unpaired) electrons. The number of halogens is 1. The zero-order valence-corrected chi connectivity index (χ0v) is 10.7. The van der Waals surface area contributed by atoms with E-state index in [-0.39, 0.29) is 12.5 Å². The summed E-state index contributed by atoms with van der Waals surface area (Å²) in [5, 5.41) is 2.56. The zero-order chi connectivity index (χ0) is 11.5. The molecule has 0 fully saturated rings. The topological polar surface area (TPSA) is 77.5 Å².